The number of rotatable bonds is 3. The van der Waals surface area contributed by atoms with E-state index < -0.39 is 12.2 Å². The minimum Gasteiger partial charge on any atom is -0.389 e. The van der Waals surface area contributed by atoms with E-state index in [9.17, 15) is 0 Å². The van der Waals surface area contributed by atoms with Crippen LogP contribution in [-0.4, -0.2) is 22.4 Å². The highest BCUT2D eigenvalue weighted by Gasteiger charge is 2.13. The van der Waals surface area contributed by atoms with Gasteiger partial charge in [0.2, 0.25) is 0 Å². The second-order valence-electron chi connectivity index (χ2n) is 2.81. The van der Waals surface area contributed by atoms with Gasteiger partial charge in [0.1, 0.15) is 6.10 Å². The topological polar surface area (TPSA) is 40.5 Å². The molecule has 2 nitrogen and oxygen atoms in total. The van der Waals surface area contributed by atoms with Crippen LogP contribution in [0.2, 0.25) is 0 Å². The molecule has 0 bridgehead atoms. The Kier molecular flexibility index (Phi) is 4.10. The Morgan fingerprint density at radius 3 is 2.20 bits per heavy atom. The normalized spacial score (nSPS) is 16.4. The molecular formula is C8H14O2. The van der Waals surface area contributed by atoms with Gasteiger partial charge in [0.25, 0.3) is 0 Å². The monoisotopic (exact) mass is 142 g/mol. The van der Waals surface area contributed by atoms with Gasteiger partial charge in [-0.05, 0) is 12.3 Å². The molecule has 0 saturated heterocycles. The van der Waals surface area contributed by atoms with Gasteiger partial charge >= 0.3 is 0 Å². The SMILES string of the molecule is C#C[C@H](O)[C@@H](O)CC(C)C. The summed E-state index contributed by atoms with van der Waals surface area (Å²) in [6.45, 7) is 3.93. The molecule has 0 aliphatic rings. The van der Waals surface area contributed by atoms with Crippen molar-refractivity contribution in [3.05, 3.63) is 0 Å². The van der Waals surface area contributed by atoms with E-state index in [1.165, 1.54) is 0 Å². The fraction of sp³-hybridized carbons (Fsp3) is 0.750. The quantitative estimate of drug-likeness (QED) is 0.559. The summed E-state index contributed by atoms with van der Waals surface area (Å²) < 4.78 is 0. The third-order valence-corrected chi connectivity index (χ3v) is 1.25. The number of terminal acetylenes is 1. The van der Waals surface area contributed by atoms with Crippen LogP contribution >= 0.6 is 0 Å². The number of hydrogen-bond acceptors (Lipinski definition) is 2. The molecule has 0 spiro atoms. The molecule has 0 amide bonds. The molecule has 0 rings (SSSR count). The smallest absolute Gasteiger partial charge is 0.140 e. The van der Waals surface area contributed by atoms with Crippen molar-refractivity contribution in [1.29, 1.82) is 0 Å². The highest BCUT2D eigenvalue weighted by Crippen LogP contribution is 2.06. The lowest BCUT2D eigenvalue weighted by Crippen LogP contribution is -2.25. The van der Waals surface area contributed by atoms with E-state index in [0.717, 1.165) is 0 Å². The predicted octanol–water partition coefficient (Wildman–Crippen LogP) is 0.387. The Morgan fingerprint density at radius 2 is 1.90 bits per heavy atom. The standard InChI is InChI=1S/C8H14O2/c1-4-7(9)8(10)5-6(2)3/h1,6-10H,5H2,2-3H3/t7-,8-/m0/s1. The van der Waals surface area contributed by atoms with Crippen LogP contribution in [0.4, 0.5) is 0 Å². The molecule has 0 saturated carbocycles. The summed E-state index contributed by atoms with van der Waals surface area (Å²) in [4.78, 5) is 0. The molecule has 58 valence electrons. The lowest BCUT2D eigenvalue weighted by Gasteiger charge is -2.14. The summed E-state index contributed by atoms with van der Waals surface area (Å²) in [5.41, 5.74) is 0. The van der Waals surface area contributed by atoms with Crippen LogP contribution in [0.3, 0.4) is 0 Å². The first-order valence-corrected chi connectivity index (χ1v) is 3.40. The lowest BCUT2D eigenvalue weighted by molar-refractivity contribution is 0.0404. The summed E-state index contributed by atoms with van der Waals surface area (Å²) in [5, 5.41) is 18.0. The molecule has 0 aliphatic carbocycles. The molecule has 2 atom stereocenters. The van der Waals surface area contributed by atoms with Gasteiger partial charge in [-0.25, -0.2) is 0 Å². The molecule has 0 unspecified atom stereocenters. The average Bonchev–Trinajstić information content (AvgIpc) is 1.85. The lowest BCUT2D eigenvalue weighted by atomic mass is 10.0. The first kappa shape index (κ1) is 9.48. The van der Waals surface area contributed by atoms with Gasteiger partial charge in [-0.1, -0.05) is 19.8 Å². The van der Waals surface area contributed by atoms with Gasteiger partial charge in [-0.15, -0.1) is 6.42 Å². The summed E-state index contributed by atoms with van der Waals surface area (Å²) in [7, 11) is 0. The second-order valence-corrected chi connectivity index (χ2v) is 2.81. The fourth-order valence-corrected chi connectivity index (χ4v) is 0.723. The summed E-state index contributed by atoms with van der Waals surface area (Å²) in [6, 6.07) is 0. The van der Waals surface area contributed by atoms with Crippen molar-refractivity contribution in [2.75, 3.05) is 0 Å². The molecule has 0 radical (unpaired) electrons. The van der Waals surface area contributed by atoms with Gasteiger partial charge in [0, 0.05) is 0 Å². The van der Waals surface area contributed by atoms with Crippen molar-refractivity contribution in [3.8, 4) is 12.3 Å². The van der Waals surface area contributed by atoms with Crippen molar-refractivity contribution < 1.29 is 10.2 Å². The number of aliphatic hydroxyl groups excluding tert-OH is 2. The molecule has 0 aliphatic heterocycles. The van der Waals surface area contributed by atoms with Crippen LogP contribution in [0.1, 0.15) is 20.3 Å². The Balaban J connectivity index is 3.64. The van der Waals surface area contributed by atoms with E-state index in [0.29, 0.717) is 12.3 Å². The van der Waals surface area contributed by atoms with E-state index in [2.05, 4.69) is 5.92 Å². The van der Waals surface area contributed by atoms with Gasteiger partial charge in [0.15, 0.2) is 0 Å². The van der Waals surface area contributed by atoms with E-state index >= 15 is 0 Å². The Labute approximate surface area is 61.9 Å². The molecule has 0 fully saturated rings. The number of hydrogen-bond donors (Lipinski definition) is 2. The third kappa shape index (κ3) is 3.49. The predicted molar refractivity (Wildman–Crippen MR) is 40.3 cm³/mol. The minimum absolute atomic E-state index is 0.359. The van der Waals surface area contributed by atoms with Crippen molar-refractivity contribution in [2.24, 2.45) is 5.92 Å². The van der Waals surface area contributed by atoms with E-state index in [4.69, 9.17) is 16.6 Å². The fourth-order valence-electron chi connectivity index (χ4n) is 0.723. The number of aliphatic hydroxyl groups is 2. The van der Waals surface area contributed by atoms with Crippen LogP contribution in [0.5, 0.6) is 0 Å². The van der Waals surface area contributed by atoms with Crippen molar-refractivity contribution >= 4 is 0 Å². The molecule has 0 heterocycles. The molecule has 2 N–H and O–H groups in total. The van der Waals surface area contributed by atoms with Crippen LogP contribution in [0, 0.1) is 18.3 Å². The highest BCUT2D eigenvalue weighted by molar-refractivity contribution is 4.97. The van der Waals surface area contributed by atoms with Gasteiger partial charge < -0.3 is 10.2 Å². The molecule has 2 heteroatoms. The summed E-state index contributed by atoms with van der Waals surface area (Å²) in [5.74, 6) is 2.43. The maximum atomic E-state index is 9.10. The van der Waals surface area contributed by atoms with E-state index in [1.807, 2.05) is 13.8 Å². The first-order chi connectivity index (χ1) is 4.57. The molecule has 0 aromatic carbocycles. The highest BCUT2D eigenvalue weighted by atomic mass is 16.3. The minimum atomic E-state index is -1.01. The van der Waals surface area contributed by atoms with Crippen LogP contribution < -0.4 is 0 Å². The second kappa shape index (κ2) is 4.32. The van der Waals surface area contributed by atoms with Crippen molar-refractivity contribution in [2.45, 2.75) is 32.5 Å². The largest absolute Gasteiger partial charge is 0.389 e. The van der Waals surface area contributed by atoms with Crippen molar-refractivity contribution in [3.63, 3.8) is 0 Å². The summed E-state index contributed by atoms with van der Waals surface area (Å²) in [6.07, 6.45) is 3.65. The maximum Gasteiger partial charge on any atom is 0.140 e. The Hall–Kier alpha value is -0.520. The van der Waals surface area contributed by atoms with Crippen molar-refractivity contribution in [1.82, 2.24) is 0 Å². The maximum absolute atomic E-state index is 9.10. The zero-order valence-corrected chi connectivity index (χ0v) is 6.41. The van der Waals surface area contributed by atoms with Gasteiger partial charge in [-0.2, -0.15) is 0 Å². The molecule has 0 aromatic rings. The van der Waals surface area contributed by atoms with Gasteiger partial charge in [0.05, 0.1) is 6.10 Å². The zero-order chi connectivity index (χ0) is 8.15. The Bertz CT molecular complexity index is 124. The van der Waals surface area contributed by atoms with Crippen LogP contribution in [0.15, 0.2) is 0 Å². The Morgan fingerprint density at radius 1 is 1.40 bits per heavy atom. The molecular weight excluding hydrogens is 128 g/mol. The molecule has 10 heavy (non-hydrogen) atoms. The average molecular weight is 142 g/mol. The molecule has 0 aromatic heterocycles. The van der Waals surface area contributed by atoms with Crippen LogP contribution in [0.25, 0.3) is 0 Å². The van der Waals surface area contributed by atoms with Gasteiger partial charge in [-0.3, -0.25) is 0 Å². The van der Waals surface area contributed by atoms with Crippen LogP contribution in [-0.2, 0) is 0 Å². The first-order valence-electron chi connectivity index (χ1n) is 3.40. The third-order valence-electron chi connectivity index (χ3n) is 1.25. The van der Waals surface area contributed by atoms with E-state index in [1.54, 1.807) is 0 Å². The zero-order valence-electron chi connectivity index (χ0n) is 6.41. The van der Waals surface area contributed by atoms with E-state index in [-0.39, 0.29) is 0 Å². The summed E-state index contributed by atoms with van der Waals surface area (Å²) >= 11 is 0.